The summed E-state index contributed by atoms with van der Waals surface area (Å²) >= 11 is 0. The zero-order chi connectivity index (χ0) is 32.5. The number of hydrogen-bond donors (Lipinski definition) is 1. The Morgan fingerprint density at radius 2 is 0.636 bits per heavy atom. The maximum absolute atomic E-state index is 12.0. The molecule has 0 saturated carbocycles. The second-order valence-corrected chi connectivity index (χ2v) is 14.4. The SMILES string of the molecule is CC(C)CCCCCCCCCCCCCCCCC(=O)OC[C@@H](O)COC(=O)CCCCCCCCCCCCC(C)C. The lowest BCUT2D eigenvalue weighted by Crippen LogP contribution is -2.25. The van der Waals surface area contributed by atoms with E-state index in [1.54, 1.807) is 0 Å². The van der Waals surface area contributed by atoms with Crippen LogP contribution in [0.3, 0.4) is 0 Å². The zero-order valence-electron chi connectivity index (χ0n) is 30.0. The number of rotatable bonds is 34. The summed E-state index contributed by atoms with van der Waals surface area (Å²) in [6, 6.07) is 0. The maximum Gasteiger partial charge on any atom is 0.305 e. The lowest BCUT2D eigenvalue weighted by atomic mass is 10.0. The number of aliphatic hydroxyl groups excluding tert-OH is 1. The molecule has 0 rings (SSSR count). The monoisotopic (exact) mass is 625 g/mol. The second-order valence-electron chi connectivity index (χ2n) is 14.4. The summed E-state index contributed by atoms with van der Waals surface area (Å²) in [5.41, 5.74) is 0. The molecule has 0 spiro atoms. The fourth-order valence-electron chi connectivity index (χ4n) is 5.75. The highest BCUT2D eigenvalue weighted by Crippen LogP contribution is 2.16. The average molecular weight is 625 g/mol. The van der Waals surface area contributed by atoms with Crippen LogP contribution >= 0.6 is 0 Å². The van der Waals surface area contributed by atoms with Gasteiger partial charge in [0.05, 0.1) is 0 Å². The van der Waals surface area contributed by atoms with Gasteiger partial charge >= 0.3 is 11.9 Å². The van der Waals surface area contributed by atoms with Gasteiger partial charge in [0.25, 0.3) is 0 Å². The topological polar surface area (TPSA) is 72.8 Å². The third-order valence-electron chi connectivity index (χ3n) is 8.70. The highest BCUT2D eigenvalue weighted by atomic mass is 16.6. The van der Waals surface area contributed by atoms with Crippen molar-refractivity contribution in [2.45, 2.75) is 214 Å². The summed E-state index contributed by atoms with van der Waals surface area (Å²) in [5.74, 6) is 1.13. The van der Waals surface area contributed by atoms with Gasteiger partial charge < -0.3 is 14.6 Å². The molecule has 1 N–H and O–H groups in total. The van der Waals surface area contributed by atoms with E-state index in [1.807, 2.05) is 0 Å². The van der Waals surface area contributed by atoms with Gasteiger partial charge in [0.2, 0.25) is 0 Å². The first-order valence-corrected chi connectivity index (χ1v) is 19.3. The first-order valence-electron chi connectivity index (χ1n) is 19.3. The summed E-state index contributed by atoms with van der Waals surface area (Å²) in [7, 11) is 0. The molecule has 44 heavy (non-hydrogen) atoms. The van der Waals surface area contributed by atoms with E-state index in [9.17, 15) is 14.7 Å². The molecular formula is C39H76O5. The second kappa shape index (κ2) is 33.3. The van der Waals surface area contributed by atoms with E-state index in [2.05, 4.69) is 27.7 Å². The molecule has 5 heteroatoms. The van der Waals surface area contributed by atoms with Crippen molar-refractivity contribution in [1.82, 2.24) is 0 Å². The minimum absolute atomic E-state index is 0.109. The Bertz CT molecular complexity index is 618. The molecule has 0 aromatic rings. The Kier molecular flexibility index (Phi) is 32.4. The number of aliphatic hydroxyl groups is 1. The number of carbonyl (C=O) groups excluding carboxylic acids is 2. The highest BCUT2D eigenvalue weighted by molar-refractivity contribution is 5.69. The van der Waals surface area contributed by atoms with Crippen LogP contribution < -0.4 is 0 Å². The van der Waals surface area contributed by atoms with Crippen LogP contribution in [0.4, 0.5) is 0 Å². The normalized spacial score (nSPS) is 12.2. The Morgan fingerprint density at radius 1 is 0.409 bits per heavy atom. The van der Waals surface area contributed by atoms with Gasteiger partial charge in [-0.25, -0.2) is 0 Å². The lowest BCUT2D eigenvalue weighted by Gasteiger charge is -2.12. The molecule has 0 aliphatic heterocycles. The summed E-state index contributed by atoms with van der Waals surface area (Å²) in [6.07, 6.45) is 33.0. The Morgan fingerprint density at radius 3 is 0.886 bits per heavy atom. The quantitative estimate of drug-likeness (QED) is 0.0569. The van der Waals surface area contributed by atoms with Crippen molar-refractivity contribution in [1.29, 1.82) is 0 Å². The summed E-state index contributed by atoms with van der Waals surface area (Å²) in [6.45, 7) is 9.01. The van der Waals surface area contributed by atoms with Crippen molar-refractivity contribution < 1.29 is 24.2 Å². The molecule has 0 aliphatic carbocycles. The standard InChI is InChI=1S/C39H76O5/c1-35(2)29-25-21-17-13-9-7-5-6-8-10-15-19-23-27-31-38(41)43-33-37(40)34-44-39(42)32-28-24-20-16-12-11-14-18-22-26-30-36(3)4/h35-37,40H,5-34H2,1-4H3/t37-/m1/s1. The van der Waals surface area contributed by atoms with Crippen LogP contribution in [0, 0.1) is 11.8 Å². The summed E-state index contributed by atoms with van der Waals surface area (Å²) in [4.78, 5) is 23.9. The molecule has 0 aromatic carbocycles. The van der Waals surface area contributed by atoms with Gasteiger partial charge in [-0.3, -0.25) is 9.59 Å². The van der Waals surface area contributed by atoms with E-state index < -0.39 is 6.10 Å². The van der Waals surface area contributed by atoms with Crippen LogP contribution in [0.2, 0.25) is 0 Å². The van der Waals surface area contributed by atoms with Crippen LogP contribution in [0.5, 0.6) is 0 Å². The molecule has 0 aliphatic rings. The van der Waals surface area contributed by atoms with E-state index >= 15 is 0 Å². The van der Waals surface area contributed by atoms with Crippen LogP contribution in [-0.4, -0.2) is 36.4 Å². The smallest absolute Gasteiger partial charge is 0.305 e. The van der Waals surface area contributed by atoms with Gasteiger partial charge in [0, 0.05) is 12.8 Å². The summed E-state index contributed by atoms with van der Waals surface area (Å²) < 4.78 is 10.3. The van der Waals surface area contributed by atoms with Crippen LogP contribution in [0.1, 0.15) is 207 Å². The molecule has 0 unspecified atom stereocenters. The summed E-state index contributed by atoms with van der Waals surface area (Å²) in [5, 5.41) is 10.00. The molecule has 0 aromatic heterocycles. The van der Waals surface area contributed by atoms with E-state index in [0.29, 0.717) is 12.8 Å². The fourth-order valence-corrected chi connectivity index (χ4v) is 5.75. The Hall–Kier alpha value is -1.10. The molecule has 0 bridgehead atoms. The lowest BCUT2D eigenvalue weighted by molar-refractivity contribution is -0.152. The molecule has 0 amide bonds. The van der Waals surface area contributed by atoms with Gasteiger partial charge in [0.15, 0.2) is 0 Å². The molecule has 262 valence electrons. The zero-order valence-corrected chi connectivity index (χ0v) is 30.0. The number of esters is 2. The molecule has 1 atom stereocenters. The predicted octanol–water partition coefficient (Wildman–Crippen LogP) is 11.7. The molecular weight excluding hydrogens is 548 g/mol. The predicted molar refractivity (Wildman–Crippen MR) is 187 cm³/mol. The first kappa shape index (κ1) is 42.9. The number of carbonyl (C=O) groups is 2. The molecule has 0 fully saturated rings. The Labute approximate surface area is 274 Å². The van der Waals surface area contributed by atoms with E-state index in [-0.39, 0.29) is 25.2 Å². The van der Waals surface area contributed by atoms with Gasteiger partial charge in [-0.2, -0.15) is 0 Å². The van der Waals surface area contributed by atoms with Crippen LogP contribution in [-0.2, 0) is 19.1 Å². The third kappa shape index (κ3) is 35.4. The number of unbranched alkanes of at least 4 members (excludes halogenated alkanes) is 22. The molecule has 0 radical (unpaired) electrons. The van der Waals surface area contributed by atoms with Crippen molar-refractivity contribution in [3.05, 3.63) is 0 Å². The van der Waals surface area contributed by atoms with Crippen molar-refractivity contribution in [3.63, 3.8) is 0 Å². The van der Waals surface area contributed by atoms with E-state index in [0.717, 1.165) is 43.9 Å². The average Bonchev–Trinajstić information content (AvgIpc) is 2.98. The van der Waals surface area contributed by atoms with Gasteiger partial charge in [0.1, 0.15) is 19.3 Å². The van der Waals surface area contributed by atoms with Gasteiger partial charge in [-0.05, 0) is 24.7 Å². The number of ether oxygens (including phenoxy) is 2. The molecule has 5 nitrogen and oxygen atoms in total. The van der Waals surface area contributed by atoms with Crippen molar-refractivity contribution in [2.75, 3.05) is 13.2 Å². The van der Waals surface area contributed by atoms with Crippen molar-refractivity contribution in [2.24, 2.45) is 11.8 Å². The van der Waals surface area contributed by atoms with E-state index in [1.165, 1.54) is 135 Å². The van der Waals surface area contributed by atoms with Gasteiger partial charge in [-0.15, -0.1) is 0 Å². The van der Waals surface area contributed by atoms with Gasteiger partial charge in [-0.1, -0.05) is 182 Å². The van der Waals surface area contributed by atoms with Crippen LogP contribution in [0.25, 0.3) is 0 Å². The minimum Gasteiger partial charge on any atom is -0.463 e. The Balaban J connectivity index is 3.39. The first-order chi connectivity index (χ1) is 21.3. The van der Waals surface area contributed by atoms with E-state index in [4.69, 9.17) is 9.47 Å². The highest BCUT2D eigenvalue weighted by Gasteiger charge is 2.12. The molecule has 0 saturated heterocycles. The largest absolute Gasteiger partial charge is 0.463 e. The van der Waals surface area contributed by atoms with Crippen molar-refractivity contribution >= 4 is 11.9 Å². The van der Waals surface area contributed by atoms with Crippen molar-refractivity contribution in [3.8, 4) is 0 Å². The maximum atomic E-state index is 12.0. The number of hydrogen-bond acceptors (Lipinski definition) is 5. The van der Waals surface area contributed by atoms with Crippen LogP contribution in [0.15, 0.2) is 0 Å². The third-order valence-corrected chi connectivity index (χ3v) is 8.70. The minimum atomic E-state index is -0.956. The molecule has 0 heterocycles. The fraction of sp³-hybridized carbons (Fsp3) is 0.949.